The molecule has 0 N–H and O–H groups in total. The fraction of sp³-hybridized carbons (Fsp3) is 0.208. The molecule has 29 heavy (non-hydrogen) atoms. The molecule has 0 aliphatic heterocycles. The summed E-state index contributed by atoms with van der Waals surface area (Å²) in [6.07, 6.45) is 4.79. The number of nitrogens with zero attached hydrogens (tertiary/aromatic N) is 3. The van der Waals surface area contributed by atoms with Crippen LogP contribution in [0.15, 0.2) is 66.9 Å². The Morgan fingerprint density at radius 3 is 2.62 bits per heavy atom. The van der Waals surface area contributed by atoms with Crippen LogP contribution in [0.5, 0.6) is 0 Å². The molecule has 5 heteroatoms. The van der Waals surface area contributed by atoms with Gasteiger partial charge in [-0.05, 0) is 30.2 Å². The lowest BCUT2D eigenvalue weighted by Gasteiger charge is -2.06. The maximum Gasteiger partial charge on any atom is 0.356 e. The fourth-order valence-electron chi connectivity index (χ4n) is 3.56. The van der Waals surface area contributed by atoms with E-state index in [-0.39, 0.29) is 0 Å². The summed E-state index contributed by atoms with van der Waals surface area (Å²) < 4.78 is 6.77. The summed E-state index contributed by atoms with van der Waals surface area (Å²) in [7, 11) is 1.36. The highest BCUT2D eigenvalue weighted by Gasteiger charge is 2.17. The number of aryl methyl sites for hydroxylation is 1. The van der Waals surface area contributed by atoms with Crippen LogP contribution in [-0.2, 0) is 17.6 Å². The van der Waals surface area contributed by atoms with Gasteiger partial charge in [0.25, 0.3) is 0 Å². The number of benzene rings is 1. The van der Waals surface area contributed by atoms with E-state index in [0.717, 1.165) is 40.9 Å². The van der Waals surface area contributed by atoms with Crippen LogP contribution in [0.25, 0.3) is 16.8 Å². The average Bonchev–Trinajstić information content (AvgIpc) is 3.12. The molecule has 0 aliphatic rings. The second-order valence-electron chi connectivity index (χ2n) is 6.99. The Balaban J connectivity index is 1.82. The predicted molar refractivity (Wildman–Crippen MR) is 113 cm³/mol. The first kappa shape index (κ1) is 18.9. The second-order valence-corrected chi connectivity index (χ2v) is 6.99. The van der Waals surface area contributed by atoms with Gasteiger partial charge in [-0.15, -0.1) is 0 Å². The van der Waals surface area contributed by atoms with Gasteiger partial charge in [0.2, 0.25) is 0 Å². The van der Waals surface area contributed by atoms with E-state index in [2.05, 4.69) is 42.4 Å². The lowest BCUT2D eigenvalue weighted by atomic mass is 10.0. The van der Waals surface area contributed by atoms with Crippen molar-refractivity contribution in [2.45, 2.75) is 26.2 Å². The third kappa shape index (κ3) is 3.90. The van der Waals surface area contributed by atoms with Gasteiger partial charge in [0.1, 0.15) is 5.69 Å². The molecule has 5 nitrogen and oxygen atoms in total. The van der Waals surface area contributed by atoms with Crippen molar-refractivity contribution < 1.29 is 9.53 Å². The van der Waals surface area contributed by atoms with E-state index >= 15 is 0 Å². The molecule has 3 aromatic heterocycles. The van der Waals surface area contributed by atoms with Crippen LogP contribution in [0.4, 0.5) is 0 Å². The molecule has 146 valence electrons. The van der Waals surface area contributed by atoms with Crippen LogP contribution >= 0.6 is 0 Å². The molecule has 0 atom stereocenters. The number of carbonyl (C=O) groups is 1. The Morgan fingerprint density at radius 2 is 1.86 bits per heavy atom. The molecular formula is C24H23N3O2. The van der Waals surface area contributed by atoms with Crippen molar-refractivity contribution in [2.24, 2.45) is 0 Å². The number of pyridine rings is 2. The lowest BCUT2D eigenvalue weighted by Crippen LogP contribution is -2.06. The Kier molecular flexibility index (Phi) is 5.38. The van der Waals surface area contributed by atoms with E-state index in [1.165, 1.54) is 12.7 Å². The van der Waals surface area contributed by atoms with Gasteiger partial charge in [-0.25, -0.2) is 14.3 Å². The number of ether oxygens (including phenoxy) is 1. The zero-order valence-electron chi connectivity index (χ0n) is 16.6. The zero-order chi connectivity index (χ0) is 20.2. The van der Waals surface area contributed by atoms with Crippen molar-refractivity contribution in [1.29, 1.82) is 0 Å². The third-order valence-corrected chi connectivity index (χ3v) is 4.94. The first-order valence-corrected chi connectivity index (χ1v) is 9.79. The Labute approximate surface area is 170 Å². The van der Waals surface area contributed by atoms with E-state index in [1.54, 1.807) is 6.07 Å². The third-order valence-electron chi connectivity index (χ3n) is 4.94. The van der Waals surface area contributed by atoms with Gasteiger partial charge in [-0.1, -0.05) is 55.8 Å². The van der Waals surface area contributed by atoms with Crippen molar-refractivity contribution in [2.75, 3.05) is 7.11 Å². The Bertz CT molecular complexity index is 1150. The number of rotatable bonds is 6. The number of esters is 1. The zero-order valence-corrected chi connectivity index (χ0v) is 16.6. The molecular weight excluding hydrogens is 362 g/mol. The van der Waals surface area contributed by atoms with Crippen molar-refractivity contribution in [3.05, 3.63) is 89.4 Å². The Morgan fingerprint density at radius 1 is 1.03 bits per heavy atom. The first-order valence-electron chi connectivity index (χ1n) is 9.79. The van der Waals surface area contributed by atoms with Gasteiger partial charge in [-0.2, -0.15) is 5.10 Å². The van der Waals surface area contributed by atoms with Gasteiger partial charge in [0, 0.05) is 29.4 Å². The molecule has 0 spiro atoms. The quantitative estimate of drug-likeness (QED) is 0.451. The second kappa shape index (κ2) is 8.27. The monoisotopic (exact) mass is 385 g/mol. The topological polar surface area (TPSA) is 56.5 Å². The number of hydrogen-bond donors (Lipinski definition) is 0. The van der Waals surface area contributed by atoms with Gasteiger partial charge in [0.05, 0.1) is 18.3 Å². The van der Waals surface area contributed by atoms with E-state index in [4.69, 9.17) is 9.84 Å². The van der Waals surface area contributed by atoms with Gasteiger partial charge >= 0.3 is 5.97 Å². The summed E-state index contributed by atoms with van der Waals surface area (Å²) in [6, 6.07) is 19.9. The molecule has 0 saturated heterocycles. The fourth-order valence-corrected chi connectivity index (χ4v) is 3.56. The standard InChI is InChI=1S/C24H23N3O2/c1-3-8-17-13-14-22-20(15-19-11-7-12-21(25-19)24(28)29-2)23(26-27(22)16-17)18-9-5-4-6-10-18/h4-7,9-14,16H,3,8,15H2,1-2H3. The van der Waals surface area contributed by atoms with Crippen LogP contribution in [0.1, 0.15) is 40.7 Å². The van der Waals surface area contributed by atoms with Crippen LogP contribution in [0.2, 0.25) is 0 Å². The maximum absolute atomic E-state index is 11.9. The minimum atomic E-state index is -0.431. The summed E-state index contributed by atoms with van der Waals surface area (Å²) in [5.41, 5.74) is 6.52. The lowest BCUT2D eigenvalue weighted by molar-refractivity contribution is 0.0593. The molecule has 0 saturated carbocycles. The van der Waals surface area contributed by atoms with Crippen molar-refractivity contribution in [3.63, 3.8) is 0 Å². The van der Waals surface area contributed by atoms with E-state index in [1.807, 2.05) is 34.8 Å². The highest BCUT2D eigenvalue weighted by Crippen LogP contribution is 2.28. The van der Waals surface area contributed by atoms with E-state index < -0.39 is 5.97 Å². The Hall–Kier alpha value is -3.47. The first-order chi connectivity index (χ1) is 14.2. The number of aromatic nitrogens is 3. The molecule has 1 aromatic carbocycles. The van der Waals surface area contributed by atoms with Crippen LogP contribution < -0.4 is 0 Å². The number of fused-ring (bicyclic) bond motifs is 1. The van der Waals surface area contributed by atoms with Crippen molar-refractivity contribution in [1.82, 2.24) is 14.6 Å². The van der Waals surface area contributed by atoms with Gasteiger partial charge in [0.15, 0.2) is 0 Å². The molecule has 4 rings (SSSR count). The highest BCUT2D eigenvalue weighted by molar-refractivity contribution is 5.87. The minimum Gasteiger partial charge on any atom is -0.464 e. The summed E-state index contributed by atoms with van der Waals surface area (Å²) in [4.78, 5) is 16.4. The number of methoxy groups -OCH3 is 1. The van der Waals surface area contributed by atoms with Crippen LogP contribution in [0.3, 0.4) is 0 Å². The minimum absolute atomic E-state index is 0.313. The number of hydrogen-bond acceptors (Lipinski definition) is 4. The SMILES string of the molecule is CCCc1ccc2c(Cc3cccc(C(=O)OC)n3)c(-c3ccccc3)nn2c1. The smallest absolute Gasteiger partial charge is 0.356 e. The average molecular weight is 385 g/mol. The van der Waals surface area contributed by atoms with Crippen LogP contribution in [-0.4, -0.2) is 27.7 Å². The number of carbonyl (C=O) groups excluding carboxylic acids is 1. The predicted octanol–water partition coefficient (Wildman–Crippen LogP) is 4.73. The largest absolute Gasteiger partial charge is 0.464 e. The normalized spacial score (nSPS) is 11.0. The summed E-state index contributed by atoms with van der Waals surface area (Å²) in [5.74, 6) is -0.431. The maximum atomic E-state index is 11.9. The molecule has 0 amide bonds. The highest BCUT2D eigenvalue weighted by atomic mass is 16.5. The van der Waals surface area contributed by atoms with Crippen LogP contribution in [0, 0.1) is 0 Å². The molecule has 4 aromatic rings. The van der Waals surface area contributed by atoms with Crippen molar-refractivity contribution >= 4 is 11.5 Å². The molecule has 0 radical (unpaired) electrons. The molecule has 3 heterocycles. The molecule has 0 bridgehead atoms. The summed E-state index contributed by atoms with van der Waals surface area (Å²) in [6.45, 7) is 2.17. The molecule has 0 aliphatic carbocycles. The van der Waals surface area contributed by atoms with Crippen molar-refractivity contribution in [3.8, 4) is 11.3 Å². The molecule has 0 unspecified atom stereocenters. The van der Waals surface area contributed by atoms with E-state index in [0.29, 0.717) is 12.1 Å². The molecule has 0 fully saturated rings. The summed E-state index contributed by atoms with van der Waals surface area (Å²) >= 11 is 0. The summed E-state index contributed by atoms with van der Waals surface area (Å²) in [5, 5.41) is 4.89. The van der Waals surface area contributed by atoms with Gasteiger partial charge in [-0.3, -0.25) is 0 Å². The van der Waals surface area contributed by atoms with Gasteiger partial charge < -0.3 is 4.74 Å². The van der Waals surface area contributed by atoms with E-state index in [9.17, 15) is 4.79 Å².